The van der Waals surface area contributed by atoms with E-state index < -0.39 is 0 Å². The zero-order chi connectivity index (χ0) is 7.56. The first-order valence-electron chi connectivity index (χ1n) is 3.69. The van der Waals surface area contributed by atoms with Gasteiger partial charge in [-0.05, 0) is 12.8 Å². The largest absolute Gasteiger partial charge is 0.394 e. The Balaban J connectivity index is 2.44. The van der Waals surface area contributed by atoms with E-state index in [0.29, 0.717) is 0 Å². The van der Waals surface area contributed by atoms with Crippen LogP contribution in [0.3, 0.4) is 0 Å². The van der Waals surface area contributed by atoms with Gasteiger partial charge in [-0.2, -0.15) is 0 Å². The van der Waals surface area contributed by atoms with Crippen molar-refractivity contribution in [2.24, 2.45) is 5.92 Å². The molecule has 1 heterocycles. The summed E-state index contributed by atoms with van der Waals surface area (Å²) in [4.78, 5) is 11.0. The minimum absolute atomic E-state index is 0.0115. The van der Waals surface area contributed by atoms with Gasteiger partial charge in [-0.25, -0.2) is 0 Å². The molecule has 0 aromatic heterocycles. The highest BCUT2D eigenvalue weighted by Crippen LogP contribution is 2.17. The van der Waals surface area contributed by atoms with Crippen molar-refractivity contribution in [2.45, 2.75) is 25.8 Å². The van der Waals surface area contributed by atoms with Gasteiger partial charge in [0.2, 0.25) is 5.91 Å². The van der Waals surface area contributed by atoms with Crippen molar-refractivity contribution in [3.05, 3.63) is 0 Å². The number of carbonyl (C=O) groups is 1. The fraction of sp³-hybridized carbons (Fsp3) is 0.857. The fourth-order valence-electron chi connectivity index (χ4n) is 1.30. The molecule has 0 aromatic rings. The molecule has 0 aliphatic carbocycles. The average molecular weight is 143 g/mol. The van der Waals surface area contributed by atoms with Crippen LogP contribution in [-0.4, -0.2) is 23.7 Å². The van der Waals surface area contributed by atoms with Gasteiger partial charge >= 0.3 is 0 Å². The predicted octanol–water partition coefficient (Wildman–Crippen LogP) is -0.107. The average Bonchev–Trinajstić information content (AvgIpc) is 2.30. The zero-order valence-corrected chi connectivity index (χ0v) is 6.13. The quantitative estimate of drug-likeness (QED) is 0.566. The highest BCUT2D eigenvalue weighted by atomic mass is 16.3. The molecule has 1 aliphatic heterocycles. The van der Waals surface area contributed by atoms with E-state index in [1.807, 2.05) is 6.92 Å². The summed E-state index contributed by atoms with van der Waals surface area (Å²) in [5.74, 6) is 0.235. The van der Waals surface area contributed by atoms with Crippen LogP contribution in [0.1, 0.15) is 19.8 Å². The molecule has 0 spiro atoms. The van der Waals surface area contributed by atoms with Gasteiger partial charge in [-0.3, -0.25) is 4.79 Å². The minimum atomic E-state index is 0.0115. The first-order chi connectivity index (χ1) is 4.77. The molecule has 0 radical (unpaired) electrons. The van der Waals surface area contributed by atoms with Gasteiger partial charge in [0.15, 0.2) is 0 Å². The number of aliphatic hydroxyl groups excluding tert-OH is 1. The van der Waals surface area contributed by atoms with E-state index in [0.717, 1.165) is 12.8 Å². The molecule has 1 aliphatic rings. The normalized spacial score (nSPS) is 32.4. The molecular weight excluding hydrogens is 130 g/mol. The van der Waals surface area contributed by atoms with E-state index in [4.69, 9.17) is 5.11 Å². The van der Waals surface area contributed by atoms with Crippen molar-refractivity contribution in [2.75, 3.05) is 6.61 Å². The van der Waals surface area contributed by atoms with Crippen molar-refractivity contribution in [1.29, 1.82) is 0 Å². The van der Waals surface area contributed by atoms with Gasteiger partial charge in [0.05, 0.1) is 12.6 Å². The molecule has 1 saturated heterocycles. The molecule has 0 bridgehead atoms. The van der Waals surface area contributed by atoms with Crippen molar-refractivity contribution in [3.63, 3.8) is 0 Å². The molecule has 0 aromatic carbocycles. The second kappa shape index (κ2) is 3.01. The summed E-state index contributed by atoms with van der Waals surface area (Å²) >= 11 is 0. The van der Waals surface area contributed by atoms with Crippen LogP contribution >= 0.6 is 0 Å². The molecular formula is C7H13NO2. The summed E-state index contributed by atoms with van der Waals surface area (Å²) in [6.07, 6.45) is 1.67. The van der Waals surface area contributed by atoms with Crippen LogP contribution in [0.2, 0.25) is 0 Å². The van der Waals surface area contributed by atoms with E-state index in [1.165, 1.54) is 0 Å². The Labute approximate surface area is 60.4 Å². The SMILES string of the molecule is CC[C@@H]1C[C@@H](CO)NC1=O. The maximum atomic E-state index is 11.0. The first-order valence-corrected chi connectivity index (χ1v) is 3.69. The third-order valence-corrected chi connectivity index (χ3v) is 2.00. The Morgan fingerprint density at radius 1 is 1.80 bits per heavy atom. The van der Waals surface area contributed by atoms with Gasteiger partial charge in [-0.1, -0.05) is 6.92 Å². The topological polar surface area (TPSA) is 49.3 Å². The molecule has 1 fully saturated rings. The lowest BCUT2D eigenvalue weighted by molar-refractivity contribution is -0.122. The van der Waals surface area contributed by atoms with Crippen LogP contribution in [0.25, 0.3) is 0 Å². The Bertz CT molecular complexity index is 136. The molecule has 3 nitrogen and oxygen atoms in total. The van der Waals surface area contributed by atoms with Crippen LogP contribution in [0.15, 0.2) is 0 Å². The van der Waals surface area contributed by atoms with Crippen molar-refractivity contribution < 1.29 is 9.90 Å². The second-order valence-electron chi connectivity index (χ2n) is 2.73. The predicted molar refractivity (Wildman–Crippen MR) is 37.4 cm³/mol. The van der Waals surface area contributed by atoms with Gasteiger partial charge in [0, 0.05) is 5.92 Å². The van der Waals surface area contributed by atoms with Crippen molar-refractivity contribution in [1.82, 2.24) is 5.32 Å². The summed E-state index contributed by atoms with van der Waals surface area (Å²) in [6, 6.07) is 0.0115. The van der Waals surface area contributed by atoms with Gasteiger partial charge < -0.3 is 10.4 Å². The van der Waals surface area contributed by atoms with Gasteiger partial charge in [0.1, 0.15) is 0 Å². The Kier molecular flexibility index (Phi) is 2.27. The summed E-state index contributed by atoms with van der Waals surface area (Å²) in [6.45, 7) is 2.06. The van der Waals surface area contributed by atoms with Crippen LogP contribution in [0.4, 0.5) is 0 Å². The van der Waals surface area contributed by atoms with E-state index in [2.05, 4.69) is 5.32 Å². The fourth-order valence-corrected chi connectivity index (χ4v) is 1.30. The Morgan fingerprint density at radius 2 is 2.50 bits per heavy atom. The molecule has 1 amide bonds. The highest BCUT2D eigenvalue weighted by Gasteiger charge is 2.29. The maximum Gasteiger partial charge on any atom is 0.223 e. The number of carbonyl (C=O) groups excluding carboxylic acids is 1. The molecule has 0 saturated carbocycles. The standard InChI is InChI=1S/C7H13NO2/c1-2-5-3-6(4-9)8-7(5)10/h5-6,9H,2-4H2,1H3,(H,8,10)/t5-,6+/m1/s1. The van der Waals surface area contributed by atoms with Crippen molar-refractivity contribution >= 4 is 5.91 Å². The molecule has 2 N–H and O–H groups in total. The Morgan fingerprint density at radius 3 is 2.80 bits per heavy atom. The molecule has 0 unspecified atom stereocenters. The molecule has 1 rings (SSSR count). The lowest BCUT2D eigenvalue weighted by Gasteiger charge is -2.02. The second-order valence-corrected chi connectivity index (χ2v) is 2.73. The number of nitrogens with one attached hydrogen (secondary N) is 1. The van der Waals surface area contributed by atoms with Gasteiger partial charge in [0.25, 0.3) is 0 Å². The molecule has 3 heteroatoms. The molecule has 58 valence electrons. The lowest BCUT2D eigenvalue weighted by Crippen LogP contribution is -2.28. The van der Waals surface area contributed by atoms with Crippen LogP contribution in [-0.2, 0) is 4.79 Å². The van der Waals surface area contributed by atoms with E-state index in [-0.39, 0.29) is 24.5 Å². The van der Waals surface area contributed by atoms with Crippen LogP contribution in [0, 0.1) is 5.92 Å². The number of aliphatic hydroxyl groups is 1. The number of hydrogen-bond donors (Lipinski definition) is 2. The smallest absolute Gasteiger partial charge is 0.223 e. The monoisotopic (exact) mass is 143 g/mol. The van der Waals surface area contributed by atoms with E-state index in [1.54, 1.807) is 0 Å². The maximum absolute atomic E-state index is 11.0. The minimum Gasteiger partial charge on any atom is -0.394 e. The first kappa shape index (κ1) is 7.54. The lowest BCUT2D eigenvalue weighted by atomic mass is 10.0. The van der Waals surface area contributed by atoms with Crippen LogP contribution < -0.4 is 5.32 Å². The summed E-state index contributed by atoms with van der Waals surface area (Å²) in [7, 11) is 0. The molecule has 2 atom stereocenters. The van der Waals surface area contributed by atoms with E-state index in [9.17, 15) is 4.79 Å². The summed E-state index contributed by atoms with van der Waals surface area (Å²) in [5, 5.41) is 11.4. The zero-order valence-electron chi connectivity index (χ0n) is 6.13. The Hall–Kier alpha value is -0.570. The van der Waals surface area contributed by atoms with Gasteiger partial charge in [-0.15, -0.1) is 0 Å². The number of hydrogen-bond acceptors (Lipinski definition) is 2. The summed E-state index contributed by atoms with van der Waals surface area (Å²) in [5.41, 5.74) is 0. The number of rotatable bonds is 2. The third-order valence-electron chi connectivity index (χ3n) is 2.00. The molecule has 10 heavy (non-hydrogen) atoms. The van der Waals surface area contributed by atoms with E-state index >= 15 is 0 Å². The summed E-state index contributed by atoms with van der Waals surface area (Å²) < 4.78 is 0. The number of amides is 1. The van der Waals surface area contributed by atoms with Crippen molar-refractivity contribution in [3.8, 4) is 0 Å². The third kappa shape index (κ3) is 1.29. The highest BCUT2D eigenvalue weighted by molar-refractivity contribution is 5.81. The van der Waals surface area contributed by atoms with Crippen LogP contribution in [0.5, 0.6) is 0 Å².